The van der Waals surface area contributed by atoms with Gasteiger partial charge in [-0.3, -0.25) is 4.79 Å². The highest BCUT2D eigenvalue weighted by Crippen LogP contribution is 2.16. The number of amides is 1. The van der Waals surface area contributed by atoms with Gasteiger partial charge in [-0.05, 0) is 38.0 Å². The molecule has 0 aliphatic heterocycles. The van der Waals surface area contributed by atoms with Crippen molar-refractivity contribution >= 4 is 5.91 Å². The average Bonchev–Trinajstić information content (AvgIpc) is 2.88. The maximum absolute atomic E-state index is 12.1. The van der Waals surface area contributed by atoms with E-state index in [1.54, 1.807) is 11.6 Å². The number of carbonyl (C=O) groups excluding carboxylic acids is 1. The van der Waals surface area contributed by atoms with Crippen LogP contribution >= 0.6 is 0 Å². The van der Waals surface area contributed by atoms with Gasteiger partial charge in [0, 0.05) is 0 Å². The Bertz CT molecular complexity index is 795. The van der Waals surface area contributed by atoms with Gasteiger partial charge in [0.2, 0.25) is 5.91 Å². The molecule has 2 aromatic rings. The maximum Gasteiger partial charge on any atom is 0.364 e. The van der Waals surface area contributed by atoms with E-state index in [0.717, 1.165) is 16.8 Å². The average molecular weight is 298 g/mol. The van der Waals surface area contributed by atoms with E-state index in [2.05, 4.69) is 16.2 Å². The number of aromatic nitrogens is 3. The van der Waals surface area contributed by atoms with E-state index in [9.17, 15) is 9.59 Å². The van der Waals surface area contributed by atoms with Crippen LogP contribution in [0.15, 0.2) is 29.3 Å². The number of aryl methyl sites for hydroxylation is 2. The molecular weight excluding hydrogens is 280 g/mol. The highest BCUT2D eigenvalue weighted by molar-refractivity contribution is 5.80. The second-order valence-corrected chi connectivity index (χ2v) is 5.10. The molecule has 1 N–H and O–H groups in total. The predicted molar refractivity (Wildman–Crippen MR) is 83.9 cm³/mol. The molecule has 2 rings (SSSR count). The smallest absolute Gasteiger partial charge is 0.343 e. The minimum Gasteiger partial charge on any atom is -0.343 e. The number of terminal acetylenes is 1. The summed E-state index contributed by atoms with van der Waals surface area (Å²) in [5, 5.41) is 2.58. The molecule has 0 fully saturated rings. The van der Waals surface area contributed by atoms with Crippen LogP contribution in [0.3, 0.4) is 0 Å². The van der Waals surface area contributed by atoms with Gasteiger partial charge in [-0.25, -0.2) is 14.2 Å². The van der Waals surface area contributed by atoms with Gasteiger partial charge in [0.1, 0.15) is 12.4 Å². The number of nitrogens with one attached hydrogen (secondary N) is 1. The lowest BCUT2D eigenvalue weighted by Crippen LogP contribution is -2.37. The van der Waals surface area contributed by atoms with E-state index >= 15 is 0 Å². The molecule has 1 aromatic carbocycles. The van der Waals surface area contributed by atoms with Gasteiger partial charge in [0.25, 0.3) is 0 Å². The molecule has 0 saturated carbocycles. The third-order valence-electron chi connectivity index (χ3n) is 3.43. The number of hydrogen-bond donors (Lipinski definition) is 1. The molecule has 6 heteroatoms. The van der Waals surface area contributed by atoms with Crippen molar-refractivity contribution in [1.29, 1.82) is 0 Å². The van der Waals surface area contributed by atoms with E-state index in [1.165, 1.54) is 11.0 Å². The Hall–Kier alpha value is -2.81. The third-order valence-corrected chi connectivity index (χ3v) is 3.43. The molecule has 0 aliphatic rings. The fourth-order valence-electron chi connectivity index (χ4n) is 2.20. The van der Waals surface area contributed by atoms with Gasteiger partial charge < -0.3 is 5.32 Å². The number of rotatable bonds is 4. The molecule has 6 nitrogen and oxygen atoms in total. The first-order chi connectivity index (χ1) is 10.5. The summed E-state index contributed by atoms with van der Waals surface area (Å²) >= 11 is 0. The van der Waals surface area contributed by atoms with Crippen LogP contribution < -0.4 is 11.0 Å². The van der Waals surface area contributed by atoms with E-state index < -0.39 is 11.7 Å². The SMILES string of the molecule is C#CCNC(=O)[C@H](C)n1c(=O)ncn1-c1cc(C)ccc1C. The Morgan fingerprint density at radius 3 is 2.86 bits per heavy atom. The van der Waals surface area contributed by atoms with Gasteiger partial charge in [0.15, 0.2) is 0 Å². The van der Waals surface area contributed by atoms with Crippen molar-refractivity contribution in [1.82, 2.24) is 19.7 Å². The predicted octanol–water partition coefficient (Wildman–Crippen LogP) is 0.961. The largest absolute Gasteiger partial charge is 0.364 e. The molecule has 1 amide bonds. The van der Waals surface area contributed by atoms with Gasteiger partial charge in [-0.15, -0.1) is 6.42 Å². The van der Waals surface area contributed by atoms with Gasteiger partial charge in [0.05, 0.1) is 12.2 Å². The normalized spacial score (nSPS) is 11.7. The molecule has 0 aliphatic carbocycles. The van der Waals surface area contributed by atoms with Crippen LogP contribution in [0, 0.1) is 26.2 Å². The summed E-state index contributed by atoms with van der Waals surface area (Å²) < 4.78 is 2.92. The summed E-state index contributed by atoms with van der Waals surface area (Å²) in [6.45, 7) is 5.66. The van der Waals surface area contributed by atoms with Crippen molar-refractivity contribution in [2.24, 2.45) is 0 Å². The molecule has 0 spiro atoms. The Labute approximate surface area is 128 Å². The van der Waals surface area contributed by atoms with Crippen LogP contribution in [-0.2, 0) is 4.79 Å². The Balaban J connectivity index is 2.49. The van der Waals surface area contributed by atoms with E-state index in [4.69, 9.17) is 6.42 Å². The third kappa shape index (κ3) is 2.93. The van der Waals surface area contributed by atoms with Crippen molar-refractivity contribution in [3.8, 4) is 18.0 Å². The first-order valence-corrected chi connectivity index (χ1v) is 6.90. The number of benzene rings is 1. The fourth-order valence-corrected chi connectivity index (χ4v) is 2.20. The highest BCUT2D eigenvalue weighted by Gasteiger charge is 2.21. The van der Waals surface area contributed by atoms with Crippen LogP contribution in [0.4, 0.5) is 0 Å². The lowest BCUT2D eigenvalue weighted by atomic mass is 10.1. The summed E-state index contributed by atoms with van der Waals surface area (Å²) in [5.74, 6) is 2.01. The summed E-state index contributed by atoms with van der Waals surface area (Å²) in [7, 11) is 0. The molecular formula is C16H18N4O2. The van der Waals surface area contributed by atoms with Crippen LogP contribution in [0.25, 0.3) is 5.69 Å². The minimum atomic E-state index is -0.719. The lowest BCUT2D eigenvalue weighted by Gasteiger charge is -2.18. The quantitative estimate of drug-likeness (QED) is 0.855. The molecule has 22 heavy (non-hydrogen) atoms. The molecule has 0 radical (unpaired) electrons. The topological polar surface area (TPSA) is 68.9 Å². The molecule has 1 heterocycles. The monoisotopic (exact) mass is 298 g/mol. The van der Waals surface area contributed by atoms with Crippen LogP contribution in [-0.4, -0.2) is 26.8 Å². The molecule has 0 saturated heterocycles. The van der Waals surface area contributed by atoms with Gasteiger partial charge >= 0.3 is 5.69 Å². The van der Waals surface area contributed by atoms with Crippen molar-refractivity contribution in [3.05, 3.63) is 46.1 Å². The zero-order chi connectivity index (χ0) is 16.3. The summed E-state index contributed by atoms with van der Waals surface area (Å²) in [6, 6.07) is 5.17. The molecule has 0 bridgehead atoms. The van der Waals surface area contributed by atoms with Gasteiger partial charge in [-0.2, -0.15) is 4.98 Å². The Kier molecular flexibility index (Phi) is 4.47. The first-order valence-electron chi connectivity index (χ1n) is 6.90. The molecule has 114 valence electrons. The van der Waals surface area contributed by atoms with Crippen LogP contribution in [0.2, 0.25) is 0 Å². The van der Waals surface area contributed by atoms with Crippen molar-refractivity contribution in [2.75, 3.05) is 6.54 Å². The number of hydrogen-bond acceptors (Lipinski definition) is 3. The summed E-state index contributed by atoms with van der Waals surface area (Å²) in [4.78, 5) is 27.9. The van der Waals surface area contributed by atoms with E-state index in [0.29, 0.717) is 0 Å². The minimum absolute atomic E-state index is 0.121. The van der Waals surface area contributed by atoms with Crippen molar-refractivity contribution in [2.45, 2.75) is 26.8 Å². The maximum atomic E-state index is 12.1. The number of nitrogens with zero attached hydrogens (tertiary/aromatic N) is 3. The van der Waals surface area contributed by atoms with Crippen LogP contribution in [0.5, 0.6) is 0 Å². The standard InChI is InChI=1S/C16H18N4O2/c1-5-8-17-15(21)13(4)20-16(22)18-10-19(20)14-9-11(2)6-7-12(14)3/h1,6-7,9-10,13H,8H2,2-4H3,(H,17,21)/t13-/m0/s1. The Morgan fingerprint density at radius 1 is 1.45 bits per heavy atom. The highest BCUT2D eigenvalue weighted by atomic mass is 16.2. The summed E-state index contributed by atoms with van der Waals surface area (Å²) in [5.41, 5.74) is 2.36. The Morgan fingerprint density at radius 2 is 2.18 bits per heavy atom. The lowest BCUT2D eigenvalue weighted by molar-refractivity contribution is -0.124. The van der Waals surface area contributed by atoms with E-state index in [1.807, 2.05) is 32.0 Å². The van der Waals surface area contributed by atoms with E-state index in [-0.39, 0.29) is 12.5 Å². The molecule has 1 aromatic heterocycles. The van der Waals surface area contributed by atoms with Crippen molar-refractivity contribution in [3.63, 3.8) is 0 Å². The second-order valence-electron chi connectivity index (χ2n) is 5.10. The molecule has 1 atom stereocenters. The zero-order valence-corrected chi connectivity index (χ0v) is 12.8. The van der Waals surface area contributed by atoms with Crippen LogP contribution in [0.1, 0.15) is 24.1 Å². The van der Waals surface area contributed by atoms with Crippen molar-refractivity contribution < 1.29 is 4.79 Å². The summed E-state index contributed by atoms with van der Waals surface area (Å²) in [6.07, 6.45) is 6.56. The number of carbonyl (C=O) groups is 1. The first kappa shape index (κ1) is 15.6. The van der Waals surface area contributed by atoms with Gasteiger partial charge in [-0.1, -0.05) is 18.1 Å². The molecule has 0 unspecified atom stereocenters. The fraction of sp³-hybridized carbons (Fsp3) is 0.312. The second kappa shape index (κ2) is 6.31. The zero-order valence-electron chi connectivity index (χ0n) is 12.8.